The molecule has 2 amide bonds. The molecule has 0 radical (unpaired) electrons. The van der Waals surface area contributed by atoms with Crippen molar-refractivity contribution < 1.29 is 19.1 Å². The van der Waals surface area contributed by atoms with Crippen molar-refractivity contribution in [3.63, 3.8) is 0 Å². The maximum absolute atomic E-state index is 12.2. The van der Waals surface area contributed by atoms with Crippen LogP contribution in [0.25, 0.3) is 5.69 Å². The van der Waals surface area contributed by atoms with Gasteiger partial charge in [0.25, 0.3) is 0 Å². The van der Waals surface area contributed by atoms with Crippen LogP contribution in [0, 0.1) is 6.92 Å². The molecule has 9 nitrogen and oxygen atoms in total. The number of aryl methyl sites for hydroxylation is 1. The zero-order valence-electron chi connectivity index (χ0n) is 18.1. The van der Waals surface area contributed by atoms with E-state index in [1.165, 1.54) is 11.8 Å². The maximum atomic E-state index is 12.2. The Morgan fingerprint density at radius 3 is 2.34 bits per heavy atom. The Morgan fingerprint density at radius 2 is 1.69 bits per heavy atom. The minimum atomic E-state index is -0.315. The van der Waals surface area contributed by atoms with E-state index >= 15 is 0 Å². The molecule has 0 aliphatic heterocycles. The first-order valence-corrected chi connectivity index (χ1v) is 11.0. The fraction of sp³-hybridized carbons (Fsp3) is 0.273. The Balaban J connectivity index is 1.49. The number of hydrogen-bond acceptors (Lipinski definition) is 7. The normalized spacial score (nSPS) is 10.5. The number of methoxy groups -OCH3 is 1. The Hall–Kier alpha value is -3.53. The van der Waals surface area contributed by atoms with Crippen LogP contribution in [0.5, 0.6) is 11.5 Å². The Morgan fingerprint density at radius 1 is 1.00 bits per heavy atom. The highest BCUT2D eigenvalue weighted by atomic mass is 32.2. The van der Waals surface area contributed by atoms with Crippen LogP contribution in [0.3, 0.4) is 0 Å². The number of nitrogens with zero attached hydrogens (tertiary/aromatic N) is 3. The number of amides is 2. The lowest BCUT2D eigenvalue weighted by Crippen LogP contribution is -2.33. The highest BCUT2D eigenvalue weighted by molar-refractivity contribution is 7.99. The van der Waals surface area contributed by atoms with Gasteiger partial charge in [0.15, 0.2) is 5.16 Å². The van der Waals surface area contributed by atoms with Gasteiger partial charge in [-0.25, -0.2) is 0 Å². The molecule has 0 aliphatic carbocycles. The second-order valence-corrected chi connectivity index (χ2v) is 7.58. The van der Waals surface area contributed by atoms with E-state index in [-0.39, 0.29) is 24.1 Å². The second-order valence-electron chi connectivity index (χ2n) is 6.63. The highest BCUT2D eigenvalue weighted by Gasteiger charge is 2.14. The van der Waals surface area contributed by atoms with Gasteiger partial charge in [-0.2, -0.15) is 0 Å². The first kappa shape index (κ1) is 23.1. The van der Waals surface area contributed by atoms with Gasteiger partial charge in [0.1, 0.15) is 17.3 Å². The number of anilines is 1. The Kier molecular flexibility index (Phi) is 8.09. The third-order valence-electron chi connectivity index (χ3n) is 4.35. The van der Waals surface area contributed by atoms with E-state index in [9.17, 15) is 9.59 Å². The van der Waals surface area contributed by atoms with Crippen molar-refractivity contribution in [1.82, 2.24) is 20.1 Å². The summed E-state index contributed by atoms with van der Waals surface area (Å²) in [5.74, 6) is 1.69. The van der Waals surface area contributed by atoms with Gasteiger partial charge < -0.3 is 20.1 Å². The molecule has 1 aromatic heterocycles. The smallest absolute Gasteiger partial charge is 0.243 e. The quantitative estimate of drug-likeness (QED) is 0.453. The van der Waals surface area contributed by atoms with Crippen LogP contribution in [0.4, 0.5) is 5.69 Å². The van der Waals surface area contributed by atoms with E-state index in [2.05, 4.69) is 20.8 Å². The van der Waals surface area contributed by atoms with Crippen LogP contribution >= 0.6 is 11.8 Å². The highest BCUT2D eigenvalue weighted by Crippen LogP contribution is 2.23. The molecular weight excluding hydrogens is 430 g/mol. The molecule has 32 heavy (non-hydrogen) atoms. The molecule has 0 bridgehead atoms. The van der Waals surface area contributed by atoms with Gasteiger partial charge in [0, 0.05) is 11.4 Å². The summed E-state index contributed by atoms with van der Waals surface area (Å²) in [6.07, 6.45) is 0. The summed E-state index contributed by atoms with van der Waals surface area (Å²) in [4.78, 5) is 24.3. The van der Waals surface area contributed by atoms with Crippen molar-refractivity contribution in [3.8, 4) is 17.2 Å². The molecule has 2 aromatic carbocycles. The van der Waals surface area contributed by atoms with Crippen molar-refractivity contribution in [2.24, 2.45) is 0 Å². The molecule has 0 fully saturated rings. The third-order valence-corrected chi connectivity index (χ3v) is 5.28. The number of benzene rings is 2. The lowest BCUT2D eigenvalue weighted by Gasteiger charge is -2.10. The zero-order valence-corrected chi connectivity index (χ0v) is 18.9. The van der Waals surface area contributed by atoms with Gasteiger partial charge in [0.05, 0.1) is 26.0 Å². The minimum Gasteiger partial charge on any atom is -0.497 e. The molecule has 0 saturated heterocycles. The number of nitrogens with one attached hydrogen (secondary N) is 2. The molecule has 168 valence electrons. The van der Waals surface area contributed by atoms with Crippen molar-refractivity contribution in [1.29, 1.82) is 0 Å². The zero-order chi connectivity index (χ0) is 22.9. The fourth-order valence-electron chi connectivity index (χ4n) is 2.83. The summed E-state index contributed by atoms with van der Waals surface area (Å²) in [6.45, 7) is 4.19. The van der Waals surface area contributed by atoms with E-state index in [0.717, 1.165) is 17.2 Å². The van der Waals surface area contributed by atoms with Crippen molar-refractivity contribution in [2.75, 3.05) is 31.3 Å². The largest absolute Gasteiger partial charge is 0.497 e. The van der Waals surface area contributed by atoms with Gasteiger partial charge in [-0.1, -0.05) is 11.8 Å². The summed E-state index contributed by atoms with van der Waals surface area (Å²) < 4.78 is 12.4. The molecule has 0 aliphatic rings. The monoisotopic (exact) mass is 455 g/mol. The molecule has 0 saturated carbocycles. The number of ether oxygens (including phenoxy) is 2. The summed E-state index contributed by atoms with van der Waals surface area (Å²) in [5.41, 5.74) is 1.50. The molecule has 3 rings (SSSR count). The molecule has 1 heterocycles. The van der Waals surface area contributed by atoms with E-state index in [4.69, 9.17) is 9.47 Å². The van der Waals surface area contributed by atoms with Crippen LogP contribution in [0.15, 0.2) is 53.7 Å². The summed E-state index contributed by atoms with van der Waals surface area (Å²) in [5, 5.41) is 14.2. The Labute approximate surface area is 190 Å². The van der Waals surface area contributed by atoms with Crippen molar-refractivity contribution in [3.05, 3.63) is 54.4 Å². The molecule has 0 spiro atoms. The van der Waals surface area contributed by atoms with E-state index in [1.807, 2.05) is 42.7 Å². The van der Waals surface area contributed by atoms with Crippen LogP contribution in [0.2, 0.25) is 0 Å². The second kappa shape index (κ2) is 11.2. The average molecular weight is 456 g/mol. The molecule has 0 atom stereocenters. The molecular formula is C22H25N5O4S. The standard InChI is InChI=1S/C22H25N5O4S/c1-4-31-19-9-5-16(6-10-19)24-20(28)13-23-21(29)14-32-22-26-25-15(2)27(22)17-7-11-18(30-3)12-8-17/h5-12H,4,13-14H2,1-3H3,(H,23,29)(H,24,28). The topological polar surface area (TPSA) is 107 Å². The molecule has 10 heteroatoms. The minimum absolute atomic E-state index is 0.102. The predicted octanol–water partition coefficient (Wildman–Crippen LogP) is 2.83. The van der Waals surface area contributed by atoms with Gasteiger partial charge in [-0.15, -0.1) is 10.2 Å². The number of rotatable bonds is 10. The van der Waals surface area contributed by atoms with Gasteiger partial charge in [-0.05, 0) is 62.4 Å². The van der Waals surface area contributed by atoms with E-state index < -0.39 is 0 Å². The first-order chi connectivity index (χ1) is 15.5. The van der Waals surface area contributed by atoms with Gasteiger partial charge in [-0.3, -0.25) is 14.2 Å². The van der Waals surface area contributed by atoms with Crippen LogP contribution < -0.4 is 20.1 Å². The SMILES string of the molecule is CCOc1ccc(NC(=O)CNC(=O)CSc2nnc(C)n2-c2ccc(OC)cc2)cc1. The van der Waals surface area contributed by atoms with Crippen LogP contribution in [0.1, 0.15) is 12.7 Å². The fourth-order valence-corrected chi connectivity index (χ4v) is 3.66. The molecule has 0 unspecified atom stereocenters. The van der Waals surface area contributed by atoms with Gasteiger partial charge >= 0.3 is 0 Å². The first-order valence-electron chi connectivity index (χ1n) is 9.98. The predicted molar refractivity (Wildman–Crippen MR) is 123 cm³/mol. The lowest BCUT2D eigenvalue weighted by molar-refractivity contribution is -0.122. The summed E-state index contributed by atoms with van der Waals surface area (Å²) >= 11 is 1.24. The van der Waals surface area contributed by atoms with E-state index in [0.29, 0.717) is 23.3 Å². The maximum Gasteiger partial charge on any atom is 0.243 e. The van der Waals surface area contributed by atoms with Crippen molar-refractivity contribution in [2.45, 2.75) is 19.0 Å². The third kappa shape index (κ3) is 6.24. The molecule has 3 aromatic rings. The van der Waals surface area contributed by atoms with Crippen LogP contribution in [-0.2, 0) is 9.59 Å². The number of aromatic nitrogens is 3. The summed E-state index contributed by atoms with van der Waals surface area (Å²) in [7, 11) is 1.61. The average Bonchev–Trinajstić information content (AvgIpc) is 3.18. The van der Waals surface area contributed by atoms with E-state index in [1.54, 1.807) is 31.4 Å². The molecule has 2 N–H and O–H groups in total. The summed E-state index contributed by atoms with van der Waals surface area (Å²) in [6, 6.07) is 14.5. The number of hydrogen-bond donors (Lipinski definition) is 2. The number of carbonyl (C=O) groups excluding carboxylic acids is 2. The van der Waals surface area contributed by atoms with Crippen molar-refractivity contribution >= 4 is 29.3 Å². The number of carbonyl (C=O) groups is 2. The van der Waals surface area contributed by atoms with Crippen LogP contribution in [-0.4, -0.2) is 52.6 Å². The number of thioether (sulfide) groups is 1. The Bertz CT molecular complexity index is 1050. The van der Waals surface area contributed by atoms with Gasteiger partial charge in [0.2, 0.25) is 11.8 Å². The lowest BCUT2D eigenvalue weighted by atomic mass is 10.3.